The van der Waals surface area contributed by atoms with Gasteiger partial charge in [-0.15, -0.1) is 0 Å². The van der Waals surface area contributed by atoms with Crippen molar-refractivity contribution in [3.8, 4) is 11.6 Å². The van der Waals surface area contributed by atoms with E-state index in [1.807, 2.05) is 120 Å². The smallest absolute Gasteiger partial charge is 0.241 e. The number of rotatable bonds is 16. The fourth-order valence-corrected chi connectivity index (χ4v) is 7.78. The molecule has 0 aliphatic carbocycles. The minimum atomic E-state index is -1.48. The molecule has 290 valence electrons. The quantitative estimate of drug-likeness (QED) is 0.0980. The molecule has 0 unspecified atom stereocenters. The van der Waals surface area contributed by atoms with Gasteiger partial charge in [-0.2, -0.15) is 4.98 Å². The van der Waals surface area contributed by atoms with Gasteiger partial charge in [0.05, 0.1) is 46.1 Å². The maximum Gasteiger partial charge on any atom is 0.241 e. The Hall–Kier alpha value is -5.91. The van der Waals surface area contributed by atoms with Crippen LogP contribution in [0.5, 0.6) is 11.6 Å². The molecule has 9 nitrogen and oxygen atoms in total. The van der Waals surface area contributed by atoms with E-state index in [2.05, 4.69) is 51.7 Å². The van der Waals surface area contributed by atoms with Crippen molar-refractivity contribution in [1.82, 2.24) is 19.9 Å². The van der Waals surface area contributed by atoms with Crippen molar-refractivity contribution >= 4 is 11.0 Å². The predicted octanol–water partition coefficient (Wildman–Crippen LogP) is 8.57. The molecule has 2 aromatic heterocycles. The largest absolute Gasteiger partial charge is 0.497 e. The first-order valence-corrected chi connectivity index (χ1v) is 19.0. The molecular formula is C47H45FN4O5. The number of hydrogen-bond donors (Lipinski definition) is 1. The van der Waals surface area contributed by atoms with Crippen LogP contribution in [0.25, 0.3) is 11.0 Å². The second-order valence-corrected chi connectivity index (χ2v) is 14.0. The van der Waals surface area contributed by atoms with Crippen LogP contribution in [-0.4, -0.2) is 53.7 Å². The Bertz CT molecular complexity index is 2230. The van der Waals surface area contributed by atoms with Crippen LogP contribution in [0.4, 0.5) is 4.39 Å². The summed E-state index contributed by atoms with van der Waals surface area (Å²) in [4.78, 5) is 9.04. The predicted molar refractivity (Wildman–Crippen MR) is 217 cm³/mol. The molecule has 57 heavy (non-hydrogen) atoms. The Kier molecular flexibility index (Phi) is 11.7. The van der Waals surface area contributed by atoms with E-state index in [-0.39, 0.29) is 19.9 Å². The highest BCUT2D eigenvalue weighted by Crippen LogP contribution is 2.43. The average Bonchev–Trinajstić information content (AvgIpc) is 3.80. The molecule has 4 atom stereocenters. The van der Waals surface area contributed by atoms with E-state index in [4.69, 9.17) is 23.7 Å². The zero-order chi connectivity index (χ0) is 39.0. The molecule has 1 saturated heterocycles. The first kappa shape index (κ1) is 38.0. The third-order valence-corrected chi connectivity index (χ3v) is 10.6. The van der Waals surface area contributed by atoms with Gasteiger partial charge >= 0.3 is 0 Å². The van der Waals surface area contributed by atoms with Crippen molar-refractivity contribution in [2.24, 2.45) is 0 Å². The monoisotopic (exact) mass is 764 g/mol. The zero-order valence-corrected chi connectivity index (χ0v) is 31.9. The fraction of sp³-hybridized carbons (Fsp3) is 0.234. The average molecular weight is 765 g/mol. The SMILES string of the molecule is COc1ccc(CO[C@H]2[C@@H](F)[C@H](c3cn(COCc4ccccc4)c4c(OC)ncnc34)N[C@@H]2COC(c2ccccc2)(c2ccccc2)c2ccccc2)cc1. The standard InChI is InChI=1S/C47H45FN4O5/c1-53-38-25-23-34(24-26-38)29-56-45-40(30-57-47(35-17-9-4-10-18-35,36-19-11-5-12-20-36)37-21-13-6-14-22-37)51-42(41(45)48)39-27-52(32-55-28-33-15-7-3-8-16-33)44-43(39)49-31-50-46(44)54-2/h3-27,31,40-42,45,51H,28-30,32H2,1-2H3/t40-,41+,42+,45-/m1/s1. The Labute approximate surface area is 332 Å². The van der Waals surface area contributed by atoms with Gasteiger partial charge < -0.3 is 28.3 Å². The minimum absolute atomic E-state index is 0.111. The third kappa shape index (κ3) is 7.90. The summed E-state index contributed by atoms with van der Waals surface area (Å²) in [5.74, 6) is 1.10. The summed E-state index contributed by atoms with van der Waals surface area (Å²) >= 11 is 0. The van der Waals surface area contributed by atoms with Crippen molar-refractivity contribution in [3.05, 3.63) is 191 Å². The van der Waals surface area contributed by atoms with Gasteiger partial charge in [-0.3, -0.25) is 5.32 Å². The number of benzene rings is 5. The molecular weight excluding hydrogens is 720 g/mol. The topological polar surface area (TPSA) is 88.9 Å². The summed E-state index contributed by atoms with van der Waals surface area (Å²) < 4.78 is 50.3. The summed E-state index contributed by atoms with van der Waals surface area (Å²) in [7, 11) is 3.19. The van der Waals surface area contributed by atoms with Crippen LogP contribution >= 0.6 is 0 Å². The van der Waals surface area contributed by atoms with E-state index in [9.17, 15) is 0 Å². The molecule has 1 N–H and O–H groups in total. The number of ether oxygens (including phenoxy) is 5. The number of aromatic nitrogens is 3. The van der Waals surface area contributed by atoms with Crippen LogP contribution in [0.2, 0.25) is 0 Å². The normalized spacial score (nSPS) is 18.2. The lowest BCUT2D eigenvalue weighted by Crippen LogP contribution is -2.43. The summed E-state index contributed by atoms with van der Waals surface area (Å²) in [5.41, 5.74) is 5.59. The Balaban J connectivity index is 1.16. The van der Waals surface area contributed by atoms with E-state index in [1.165, 1.54) is 6.33 Å². The molecule has 1 aliphatic heterocycles. The molecule has 5 aromatic carbocycles. The summed E-state index contributed by atoms with van der Waals surface area (Å²) in [6.07, 6.45) is 0.937. The van der Waals surface area contributed by atoms with Crippen molar-refractivity contribution in [3.63, 3.8) is 0 Å². The molecule has 3 heterocycles. The van der Waals surface area contributed by atoms with Crippen LogP contribution in [0.3, 0.4) is 0 Å². The third-order valence-electron chi connectivity index (χ3n) is 10.6. The van der Waals surface area contributed by atoms with E-state index in [0.29, 0.717) is 29.1 Å². The lowest BCUT2D eigenvalue weighted by molar-refractivity contribution is -0.0508. The van der Waals surface area contributed by atoms with Crippen molar-refractivity contribution < 1.29 is 28.1 Å². The summed E-state index contributed by atoms with van der Waals surface area (Å²) in [5, 5.41) is 3.61. The minimum Gasteiger partial charge on any atom is -0.497 e. The fourth-order valence-electron chi connectivity index (χ4n) is 7.78. The molecule has 1 fully saturated rings. The van der Waals surface area contributed by atoms with Crippen LogP contribution in [0.15, 0.2) is 158 Å². The number of alkyl halides is 1. The second kappa shape index (κ2) is 17.5. The van der Waals surface area contributed by atoms with E-state index in [0.717, 1.165) is 33.6 Å². The molecule has 1 aliphatic rings. The van der Waals surface area contributed by atoms with Gasteiger partial charge in [-0.25, -0.2) is 9.37 Å². The molecule has 8 rings (SSSR count). The zero-order valence-electron chi connectivity index (χ0n) is 31.9. The highest BCUT2D eigenvalue weighted by atomic mass is 19.1. The van der Waals surface area contributed by atoms with Crippen molar-refractivity contribution in [2.75, 3.05) is 20.8 Å². The van der Waals surface area contributed by atoms with Crippen molar-refractivity contribution in [2.45, 2.75) is 49.9 Å². The number of hydrogen-bond acceptors (Lipinski definition) is 8. The van der Waals surface area contributed by atoms with Gasteiger partial charge in [0.15, 0.2) is 0 Å². The van der Waals surface area contributed by atoms with Gasteiger partial charge in [0.1, 0.15) is 47.7 Å². The number of fused-ring (bicyclic) bond motifs is 1. The van der Waals surface area contributed by atoms with E-state index < -0.39 is 30.0 Å². The maximum absolute atomic E-state index is 17.4. The molecule has 0 spiro atoms. The molecule has 7 aromatic rings. The van der Waals surface area contributed by atoms with Gasteiger partial charge in [-0.1, -0.05) is 133 Å². The first-order valence-electron chi connectivity index (χ1n) is 19.0. The van der Waals surface area contributed by atoms with Gasteiger partial charge in [0, 0.05) is 11.8 Å². The number of methoxy groups -OCH3 is 2. The Morgan fingerprint density at radius 2 is 1.26 bits per heavy atom. The molecule has 0 amide bonds. The lowest BCUT2D eigenvalue weighted by Gasteiger charge is -2.37. The van der Waals surface area contributed by atoms with Gasteiger partial charge in [-0.05, 0) is 39.9 Å². The highest BCUT2D eigenvalue weighted by molar-refractivity contribution is 5.84. The van der Waals surface area contributed by atoms with E-state index >= 15 is 4.39 Å². The van der Waals surface area contributed by atoms with Gasteiger partial charge in [0.25, 0.3) is 0 Å². The summed E-state index contributed by atoms with van der Waals surface area (Å²) in [6.45, 7) is 0.870. The molecule has 0 bridgehead atoms. The number of nitrogens with one attached hydrogen (secondary N) is 1. The van der Waals surface area contributed by atoms with Crippen molar-refractivity contribution in [1.29, 1.82) is 0 Å². The van der Waals surface area contributed by atoms with Crippen LogP contribution < -0.4 is 14.8 Å². The summed E-state index contributed by atoms with van der Waals surface area (Å²) in [6, 6.07) is 46.6. The van der Waals surface area contributed by atoms with Crippen LogP contribution in [0.1, 0.15) is 39.4 Å². The number of nitrogens with zero attached hydrogens (tertiary/aromatic N) is 3. The lowest BCUT2D eigenvalue weighted by atomic mass is 9.80. The van der Waals surface area contributed by atoms with E-state index in [1.54, 1.807) is 14.2 Å². The highest BCUT2D eigenvalue weighted by Gasteiger charge is 2.48. The maximum atomic E-state index is 17.4. The van der Waals surface area contributed by atoms with Gasteiger partial charge in [0.2, 0.25) is 5.88 Å². The Morgan fingerprint density at radius 1 is 0.684 bits per heavy atom. The first-order chi connectivity index (χ1) is 28.1. The molecule has 0 radical (unpaired) electrons. The molecule has 0 saturated carbocycles. The number of halogens is 1. The molecule has 10 heteroatoms. The Morgan fingerprint density at radius 3 is 1.84 bits per heavy atom. The van der Waals surface area contributed by atoms with Crippen LogP contribution in [0, 0.1) is 0 Å². The second-order valence-electron chi connectivity index (χ2n) is 14.0. The van der Waals surface area contributed by atoms with Crippen LogP contribution in [-0.2, 0) is 39.8 Å².